The third kappa shape index (κ3) is 9.10. The number of likely N-dealkylation sites (tertiary alicyclic amines) is 1. The Bertz CT molecular complexity index is 1240. The smallest absolute Gasteiger partial charge is 0.256 e. The number of para-hydroxylation sites is 1. The van der Waals surface area contributed by atoms with Gasteiger partial charge in [0.2, 0.25) is 5.91 Å². The summed E-state index contributed by atoms with van der Waals surface area (Å²) in [5.41, 5.74) is 0.713. The second-order valence-corrected chi connectivity index (χ2v) is 11.7. The van der Waals surface area contributed by atoms with Crippen LogP contribution in [0.15, 0.2) is 36.4 Å². The number of aliphatic hydroxyl groups is 2. The number of methoxy groups -OCH3 is 2. The zero-order chi connectivity index (χ0) is 29.7. The summed E-state index contributed by atoms with van der Waals surface area (Å²) in [6.07, 6.45) is 0.840. The van der Waals surface area contributed by atoms with Gasteiger partial charge in [-0.2, -0.15) is 0 Å². The van der Waals surface area contributed by atoms with Crippen LogP contribution in [-0.2, 0) is 14.3 Å². The number of hydrogen-bond acceptors (Lipinski definition) is 7. The molecule has 2 aliphatic heterocycles. The van der Waals surface area contributed by atoms with Crippen LogP contribution in [0.1, 0.15) is 56.8 Å². The number of carbonyl (C=O) groups excluding carboxylic acids is 2. The number of hydrogen-bond donors (Lipinski definition) is 2. The van der Waals surface area contributed by atoms with E-state index in [2.05, 4.69) is 6.92 Å². The minimum atomic E-state index is -1.14. The largest absolute Gasteiger partial charge is 0.493 e. The number of amides is 2. The maximum atomic E-state index is 14.3. The van der Waals surface area contributed by atoms with Gasteiger partial charge in [-0.1, -0.05) is 44.0 Å². The number of rotatable bonds is 10. The van der Waals surface area contributed by atoms with Crippen LogP contribution >= 0.6 is 11.6 Å². The van der Waals surface area contributed by atoms with Gasteiger partial charge in [0.25, 0.3) is 5.91 Å². The van der Waals surface area contributed by atoms with Crippen molar-refractivity contribution in [3.05, 3.63) is 52.5 Å². The van der Waals surface area contributed by atoms with Crippen molar-refractivity contribution in [2.45, 2.75) is 51.7 Å². The van der Waals surface area contributed by atoms with Crippen LogP contribution in [0.25, 0.3) is 0 Å². The Morgan fingerprint density at radius 3 is 2.33 bits per heavy atom. The number of anilines is 1. The number of halogens is 1. The molecule has 43 heavy (non-hydrogen) atoms. The molecular formula is C31H41Ac2ClN2O7. The molecule has 2 N–H and O–H groups in total. The fraction of sp³-hybridized carbons (Fsp3) is 0.548. The van der Waals surface area contributed by atoms with Gasteiger partial charge in [0.15, 0.2) is 11.5 Å². The molecule has 2 atom stereocenters. The van der Waals surface area contributed by atoms with Crippen molar-refractivity contribution < 1.29 is 122 Å². The molecule has 2 amide bonds. The van der Waals surface area contributed by atoms with Crippen LogP contribution in [-0.4, -0.2) is 80.1 Å². The fourth-order valence-corrected chi connectivity index (χ4v) is 5.82. The fourth-order valence-electron chi connectivity index (χ4n) is 5.64. The van der Waals surface area contributed by atoms with Crippen LogP contribution in [0, 0.1) is 99.5 Å². The summed E-state index contributed by atoms with van der Waals surface area (Å²) in [5, 5.41) is 20.6. The molecule has 0 bridgehead atoms. The number of fused-ring (bicyclic) bond motifs is 1. The summed E-state index contributed by atoms with van der Waals surface area (Å²) in [4.78, 5) is 31.1. The molecule has 12 heteroatoms. The maximum absolute atomic E-state index is 14.3. The summed E-state index contributed by atoms with van der Waals surface area (Å²) in [5.74, 6) is 0.954. The maximum Gasteiger partial charge on any atom is 0.256 e. The molecule has 1 saturated heterocycles. The predicted molar refractivity (Wildman–Crippen MR) is 157 cm³/mol. The Hall–Kier alpha value is 0.0331. The van der Waals surface area contributed by atoms with E-state index in [0.717, 1.165) is 19.3 Å². The first-order valence-corrected chi connectivity index (χ1v) is 14.5. The third-order valence-corrected chi connectivity index (χ3v) is 8.56. The van der Waals surface area contributed by atoms with Gasteiger partial charge >= 0.3 is 0 Å². The van der Waals surface area contributed by atoms with E-state index in [0.29, 0.717) is 52.3 Å². The zero-order valence-corrected chi connectivity index (χ0v) is 35.7. The van der Waals surface area contributed by atoms with E-state index >= 15 is 0 Å². The molecule has 0 spiro atoms. The molecule has 230 valence electrons. The van der Waals surface area contributed by atoms with Crippen molar-refractivity contribution >= 4 is 29.1 Å². The molecular weight excluding hydrogens is 1000 g/mol. The quantitative estimate of drug-likeness (QED) is 0.368. The molecule has 2 aromatic rings. The van der Waals surface area contributed by atoms with E-state index in [1.54, 1.807) is 44.4 Å². The molecule has 9 nitrogen and oxygen atoms in total. The minimum Gasteiger partial charge on any atom is -0.493 e. The summed E-state index contributed by atoms with van der Waals surface area (Å²) >= 11 is 6.48. The van der Waals surface area contributed by atoms with Crippen molar-refractivity contribution in [2.75, 3.05) is 52.0 Å². The van der Waals surface area contributed by atoms with Crippen LogP contribution in [0.2, 0.25) is 5.02 Å². The van der Waals surface area contributed by atoms with E-state index in [9.17, 15) is 19.8 Å². The summed E-state index contributed by atoms with van der Waals surface area (Å²) in [6, 6.07) is 10.5. The van der Waals surface area contributed by atoms with Crippen molar-refractivity contribution in [1.82, 2.24) is 4.90 Å². The molecule has 1 fully saturated rings. The molecule has 2 heterocycles. The third-order valence-electron chi connectivity index (χ3n) is 8.33. The summed E-state index contributed by atoms with van der Waals surface area (Å²) in [7, 11) is 3.07. The van der Waals surface area contributed by atoms with E-state index < -0.39 is 23.5 Å². The molecule has 0 saturated carbocycles. The van der Waals surface area contributed by atoms with Gasteiger partial charge in [0, 0.05) is 135 Å². The van der Waals surface area contributed by atoms with E-state index in [-0.39, 0.29) is 120 Å². The number of aliphatic hydroxyl groups excluding tert-OH is 2. The van der Waals surface area contributed by atoms with Crippen LogP contribution in [0.3, 0.4) is 0 Å². The minimum absolute atomic E-state index is 0. The van der Waals surface area contributed by atoms with Crippen molar-refractivity contribution in [3.63, 3.8) is 0 Å². The number of benzene rings is 2. The van der Waals surface area contributed by atoms with Crippen molar-refractivity contribution in [2.24, 2.45) is 11.3 Å². The topological polar surface area (TPSA) is 109 Å². The first-order chi connectivity index (χ1) is 19.7. The molecule has 4 rings (SSSR count). The number of carbonyl (C=O) groups is 2. The van der Waals surface area contributed by atoms with Gasteiger partial charge in [-0.15, -0.1) is 0 Å². The van der Waals surface area contributed by atoms with Gasteiger partial charge in [-0.05, 0) is 43.0 Å². The normalized spacial score (nSPS) is 19.1. The van der Waals surface area contributed by atoms with E-state index in [4.69, 9.17) is 25.8 Å². The first kappa shape index (κ1) is 39.2. The van der Waals surface area contributed by atoms with Crippen molar-refractivity contribution in [3.8, 4) is 11.5 Å². The molecule has 0 unspecified atom stereocenters. The average Bonchev–Trinajstić information content (AvgIpc) is 3.10. The zero-order valence-electron chi connectivity index (χ0n) is 25.4. The van der Waals surface area contributed by atoms with Gasteiger partial charge in [0.05, 0.1) is 33.9 Å². The summed E-state index contributed by atoms with van der Waals surface area (Å²) in [6.45, 7) is 4.47. The predicted octanol–water partition coefficient (Wildman–Crippen LogP) is 4.21. The van der Waals surface area contributed by atoms with Gasteiger partial charge in [0.1, 0.15) is 12.2 Å². The number of ether oxygens (including phenoxy) is 3. The van der Waals surface area contributed by atoms with Crippen LogP contribution in [0.4, 0.5) is 5.69 Å². The molecule has 2 aromatic carbocycles. The van der Waals surface area contributed by atoms with Crippen molar-refractivity contribution in [1.29, 1.82) is 0 Å². The summed E-state index contributed by atoms with van der Waals surface area (Å²) < 4.78 is 17.9. The van der Waals surface area contributed by atoms with E-state index in [1.165, 1.54) is 12.0 Å². The van der Waals surface area contributed by atoms with Gasteiger partial charge in [-0.3, -0.25) is 9.59 Å². The van der Waals surface area contributed by atoms with Gasteiger partial charge < -0.3 is 34.2 Å². The Balaban J connectivity index is 0.00000323. The standard InChI is InChI=1S/C31H41ClN2O7.2Ac/c1-5-20-11-13-33(14-12-20)27(37)16-26-30(38)34(17-31(2,18-35)19-36)24-10-9-21(32)15-23(24)28(41-26)22-7-6-8-25(39-3)29(22)40-4;;/h6-10,15,20,26,28,35-36H,5,11-14,16-19H2,1-4H3;;/t26-,28-;;/m1../s1. The molecule has 0 aliphatic carbocycles. The van der Waals surface area contributed by atoms with Crippen LogP contribution in [0.5, 0.6) is 11.5 Å². The molecule has 0 aromatic heterocycles. The average molecular weight is 1040 g/mol. The second kappa shape index (κ2) is 17.8. The SMILES string of the molecule is CCC1CCN(C(=O)C[C@H]2O[C@H](c3cccc(OC)c3OC)c3cc(Cl)ccc3N(CC(C)(CO)CO)C2=O)CC1.[Ac].[Ac]. The molecule has 2 radical (unpaired) electrons. The van der Waals surface area contributed by atoms with Crippen LogP contribution < -0.4 is 14.4 Å². The van der Waals surface area contributed by atoms with Gasteiger partial charge in [-0.25, -0.2) is 0 Å². The Morgan fingerprint density at radius 2 is 1.74 bits per heavy atom. The molecule has 2 aliphatic rings. The Kier molecular flexibility index (Phi) is 16.2. The van der Waals surface area contributed by atoms with E-state index in [1.807, 2.05) is 11.0 Å². The first-order valence-electron chi connectivity index (χ1n) is 14.1. The second-order valence-electron chi connectivity index (χ2n) is 11.3. The number of nitrogens with zero attached hydrogens (tertiary/aromatic N) is 2. The number of piperidine rings is 1. The monoisotopic (exact) mass is 1040 g/mol. The Labute approximate surface area is 331 Å². The Morgan fingerprint density at radius 1 is 1.07 bits per heavy atom.